The topological polar surface area (TPSA) is 33.7 Å². The molecular formula is C20H34N2O2. The van der Waals surface area contributed by atoms with Gasteiger partial charge in [-0.15, -0.1) is 0 Å². The molecule has 4 heteroatoms. The van der Waals surface area contributed by atoms with E-state index in [0.29, 0.717) is 6.04 Å². The Morgan fingerprint density at radius 2 is 1.88 bits per heavy atom. The SMILES string of the molecule is COc1ccc(CC(C)NCCCN2CCC(C)CC2)cc1OC. The van der Waals surface area contributed by atoms with E-state index in [1.807, 2.05) is 6.07 Å². The average molecular weight is 335 g/mol. The van der Waals surface area contributed by atoms with E-state index < -0.39 is 0 Å². The van der Waals surface area contributed by atoms with Crippen LogP contribution >= 0.6 is 0 Å². The van der Waals surface area contributed by atoms with E-state index in [0.717, 1.165) is 30.4 Å². The standard InChI is InChI=1S/C20H34N2O2/c1-16-8-12-22(13-9-16)11-5-10-21-17(2)14-18-6-7-19(23-3)20(15-18)24-4/h6-7,15-17,21H,5,8-14H2,1-4H3. The van der Waals surface area contributed by atoms with Gasteiger partial charge in [0.05, 0.1) is 14.2 Å². The largest absolute Gasteiger partial charge is 0.493 e. The van der Waals surface area contributed by atoms with Gasteiger partial charge in [-0.25, -0.2) is 0 Å². The molecule has 0 aliphatic carbocycles. The summed E-state index contributed by atoms with van der Waals surface area (Å²) in [5, 5.41) is 3.65. The van der Waals surface area contributed by atoms with E-state index >= 15 is 0 Å². The summed E-state index contributed by atoms with van der Waals surface area (Å²) < 4.78 is 10.7. The maximum Gasteiger partial charge on any atom is 0.160 e. The Labute approximate surface area is 147 Å². The molecule has 2 rings (SSSR count). The van der Waals surface area contributed by atoms with Crippen molar-refractivity contribution in [2.75, 3.05) is 40.4 Å². The van der Waals surface area contributed by atoms with Gasteiger partial charge in [0.1, 0.15) is 0 Å². The van der Waals surface area contributed by atoms with Gasteiger partial charge >= 0.3 is 0 Å². The lowest BCUT2D eigenvalue weighted by Crippen LogP contribution is -2.36. The molecule has 1 aliphatic rings. The normalized spacial score (nSPS) is 17.7. The van der Waals surface area contributed by atoms with Gasteiger partial charge < -0.3 is 19.7 Å². The third-order valence-electron chi connectivity index (χ3n) is 5.01. The van der Waals surface area contributed by atoms with Crippen molar-refractivity contribution in [3.63, 3.8) is 0 Å². The Bertz CT molecular complexity index is 485. The Morgan fingerprint density at radius 3 is 2.54 bits per heavy atom. The summed E-state index contributed by atoms with van der Waals surface area (Å²) in [6.45, 7) is 9.49. The molecule has 1 heterocycles. The minimum atomic E-state index is 0.462. The fourth-order valence-corrected chi connectivity index (χ4v) is 3.37. The number of benzene rings is 1. The highest BCUT2D eigenvalue weighted by Gasteiger charge is 2.15. The van der Waals surface area contributed by atoms with E-state index in [9.17, 15) is 0 Å². The van der Waals surface area contributed by atoms with Crippen molar-refractivity contribution in [3.05, 3.63) is 23.8 Å². The van der Waals surface area contributed by atoms with Gasteiger partial charge in [-0.1, -0.05) is 13.0 Å². The highest BCUT2D eigenvalue weighted by Crippen LogP contribution is 2.27. The molecule has 1 N–H and O–H groups in total. The molecule has 0 spiro atoms. The Hall–Kier alpha value is -1.26. The highest BCUT2D eigenvalue weighted by molar-refractivity contribution is 5.43. The molecule has 1 aliphatic heterocycles. The van der Waals surface area contributed by atoms with Crippen LogP contribution in [0, 0.1) is 5.92 Å². The summed E-state index contributed by atoms with van der Waals surface area (Å²) in [7, 11) is 3.36. The van der Waals surface area contributed by atoms with Gasteiger partial charge in [-0.05, 0) is 82.4 Å². The molecule has 0 amide bonds. The quantitative estimate of drug-likeness (QED) is 0.702. The third-order valence-corrected chi connectivity index (χ3v) is 5.01. The van der Waals surface area contributed by atoms with Crippen molar-refractivity contribution in [1.29, 1.82) is 0 Å². The average Bonchev–Trinajstić information content (AvgIpc) is 2.60. The number of hydrogen-bond donors (Lipinski definition) is 1. The predicted octanol–water partition coefficient (Wildman–Crippen LogP) is 3.35. The van der Waals surface area contributed by atoms with E-state index in [-0.39, 0.29) is 0 Å². The first-order valence-corrected chi connectivity index (χ1v) is 9.29. The summed E-state index contributed by atoms with van der Waals surface area (Å²) in [5.41, 5.74) is 1.28. The molecule has 24 heavy (non-hydrogen) atoms. The first kappa shape index (κ1) is 19.1. The lowest BCUT2D eigenvalue weighted by Gasteiger charge is -2.30. The third kappa shape index (κ3) is 5.99. The van der Waals surface area contributed by atoms with Crippen LogP contribution in [-0.2, 0) is 6.42 Å². The summed E-state index contributed by atoms with van der Waals surface area (Å²) >= 11 is 0. The van der Waals surface area contributed by atoms with Gasteiger partial charge in [0.15, 0.2) is 11.5 Å². The molecule has 1 saturated heterocycles. The summed E-state index contributed by atoms with van der Waals surface area (Å²) in [4.78, 5) is 2.61. The van der Waals surface area contributed by atoms with Crippen LogP contribution in [0.3, 0.4) is 0 Å². The Morgan fingerprint density at radius 1 is 1.17 bits per heavy atom. The van der Waals surface area contributed by atoms with Gasteiger partial charge in [0.25, 0.3) is 0 Å². The fraction of sp³-hybridized carbons (Fsp3) is 0.700. The van der Waals surface area contributed by atoms with Crippen LogP contribution in [0.2, 0.25) is 0 Å². The first-order valence-electron chi connectivity index (χ1n) is 9.29. The summed E-state index contributed by atoms with van der Waals surface area (Å²) in [6, 6.07) is 6.64. The molecule has 1 atom stereocenters. The minimum absolute atomic E-state index is 0.462. The van der Waals surface area contributed by atoms with Crippen LogP contribution in [0.15, 0.2) is 18.2 Å². The monoisotopic (exact) mass is 334 g/mol. The molecule has 4 nitrogen and oxygen atoms in total. The second-order valence-electron chi connectivity index (χ2n) is 7.13. The number of likely N-dealkylation sites (tertiary alicyclic amines) is 1. The lowest BCUT2D eigenvalue weighted by molar-refractivity contribution is 0.190. The second kappa shape index (κ2) is 9.90. The fourth-order valence-electron chi connectivity index (χ4n) is 3.37. The summed E-state index contributed by atoms with van der Waals surface area (Å²) in [5.74, 6) is 2.51. The molecule has 0 saturated carbocycles. The zero-order chi connectivity index (χ0) is 17.4. The number of rotatable bonds is 9. The van der Waals surface area contributed by atoms with E-state index in [2.05, 4.69) is 36.2 Å². The molecule has 1 unspecified atom stereocenters. The number of piperidine rings is 1. The predicted molar refractivity (Wildman–Crippen MR) is 100 cm³/mol. The number of nitrogens with one attached hydrogen (secondary N) is 1. The van der Waals surface area contributed by atoms with E-state index in [4.69, 9.17) is 9.47 Å². The zero-order valence-electron chi connectivity index (χ0n) is 15.8. The molecule has 0 radical (unpaired) electrons. The molecular weight excluding hydrogens is 300 g/mol. The number of ether oxygens (including phenoxy) is 2. The van der Waals surface area contributed by atoms with Crippen molar-refractivity contribution in [2.45, 2.75) is 45.6 Å². The molecule has 0 aromatic heterocycles. The molecule has 1 fully saturated rings. The van der Waals surface area contributed by atoms with Crippen LogP contribution in [0.1, 0.15) is 38.7 Å². The van der Waals surface area contributed by atoms with Crippen molar-refractivity contribution >= 4 is 0 Å². The molecule has 0 bridgehead atoms. The van der Waals surface area contributed by atoms with Crippen molar-refractivity contribution in [2.24, 2.45) is 5.92 Å². The number of methoxy groups -OCH3 is 2. The first-order chi connectivity index (χ1) is 11.6. The van der Waals surface area contributed by atoms with Crippen molar-refractivity contribution in [1.82, 2.24) is 10.2 Å². The van der Waals surface area contributed by atoms with Crippen LogP contribution in [-0.4, -0.2) is 51.3 Å². The number of nitrogens with zero attached hydrogens (tertiary/aromatic N) is 1. The lowest BCUT2D eigenvalue weighted by atomic mass is 9.99. The summed E-state index contributed by atoms with van der Waals surface area (Å²) in [6.07, 6.45) is 4.96. The van der Waals surface area contributed by atoms with Crippen LogP contribution in [0.5, 0.6) is 11.5 Å². The highest BCUT2D eigenvalue weighted by atomic mass is 16.5. The van der Waals surface area contributed by atoms with Crippen molar-refractivity contribution in [3.8, 4) is 11.5 Å². The van der Waals surface area contributed by atoms with Gasteiger partial charge in [0.2, 0.25) is 0 Å². The van der Waals surface area contributed by atoms with E-state index in [1.54, 1.807) is 14.2 Å². The van der Waals surface area contributed by atoms with Gasteiger partial charge in [-0.2, -0.15) is 0 Å². The second-order valence-corrected chi connectivity index (χ2v) is 7.13. The molecule has 136 valence electrons. The maximum absolute atomic E-state index is 5.38. The van der Waals surface area contributed by atoms with Crippen LogP contribution < -0.4 is 14.8 Å². The zero-order valence-corrected chi connectivity index (χ0v) is 15.8. The Kier molecular flexibility index (Phi) is 7.86. The molecule has 1 aromatic rings. The molecule has 1 aromatic carbocycles. The van der Waals surface area contributed by atoms with Gasteiger partial charge in [0, 0.05) is 6.04 Å². The van der Waals surface area contributed by atoms with Crippen molar-refractivity contribution < 1.29 is 9.47 Å². The van der Waals surface area contributed by atoms with Gasteiger partial charge in [-0.3, -0.25) is 0 Å². The minimum Gasteiger partial charge on any atom is -0.493 e. The maximum atomic E-state index is 5.38. The van der Waals surface area contributed by atoms with E-state index in [1.165, 1.54) is 44.5 Å². The Balaban J connectivity index is 1.67. The van der Waals surface area contributed by atoms with Crippen LogP contribution in [0.25, 0.3) is 0 Å². The smallest absolute Gasteiger partial charge is 0.160 e. The van der Waals surface area contributed by atoms with Crippen LogP contribution in [0.4, 0.5) is 0 Å². The number of hydrogen-bond acceptors (Lipinski definition) is 4.